The van der Waals surface area contributed by atoms with Crippen molar-refractivity contribution in [2.24, 2.45) is 0 Å². The number of aromatic amines is 1. The summed E-state index contributed by atoms with van der Waals surface area (Å²) >= 11 is 0. The van der Waals surface area contributed by atoms with Gasteiger partial charge < -0.3 is 10.1 Å². The Bertz CT molecular complexity index is 893. The molecule has 1 fully saturated rings. The molecule has 1 aromatic heterocycles. The van der Waals surface area contributed by atoms with Crippen LogP contribution in [0.4, 0.5) is 0 Å². The van der Waals surface area contributed by atoms with Crippen LogP contribution >= 0.6 is 0 Å². The number of hydrogen-bond donors (Lipinski definition) is 2. The van der Waals surface area contributed by atoms with Gasteiger partial charge in [-0.2, -0.15) is 5.10 Å². The molecule has 2 N–H and O–H groups in total. The largest absolute Gasteiger partial charge is 0.375 e. The van der Waals surface area contributed by atoms with Gasteiger partial charge in [0.1, 0.15) is 0 Å². The van der Waals surface area contributed by atoms with Crippen LogP contribution in [0.5, 0.6) is 0 Å². The van der Waals surface area contributed by atoms with Gasteiger partial charge in [0, 0.05) is 38.2 Å². The van der Waals surface area contributed by atoms with Gasteiger partial charge in [0.15, 0.2) is 0 Å². The van der Waals surface area contributed by atoms with Crippen LogP contribution in [0.2, 0.25) is 0 Å². The van der Waals surface area contributed by atoms with Gasteiger partial charge >= 0.3 is 0 Å². The smallest absolute Gasteiger partial charge is 0.253 e. The number of amides is 1. The molecule has 0 bridgehead atoms. The Labute approximate surface area is 158 Å². The molecule has 4 rings (SSSR count). The van der Waals surface area contributed by atoms with E-state index >= 15 is 0 Å². The molecule has 140 valence electrons. The fraction of sp³-hybridized carbons (Fsp3) is 0.333. The molecule has 6 nitrogen and oxygen atoms in total. The molecule has 0 radical (unpaired) electrons. The van der Waals surface area contributed by atoms with Crippen LogP contribution < -0.4 is 5.32 Å². The quantitative estimate of drug-likeness (QED) is 0.730. The third-order valence-electron chi connectivity index (χ3n) is 4.89. The molecule has 2 aromatic carbocycles. The van der Waals surface area contributed by atoms with Crippen molar-refractivity contribution in [2.75, 3.05) is 26.2 Å². The van der Waals surface area contributed by atoms with Crippen LogP contribution in [-0.4, -0.2) is 53.3 Å². The van der Waals surface area contributed by atoms with E-state index < -0.39 is 0 Å². The summed E-state index contributed by atoms with van der Waals surface area (Å²) in [6, 6.07) is 16.1. The van der Waals surface area contributed by atoms with Crippen molar-refractivity contribution in [2.45, 2.75) is 19.1 Å². The van der Waals surface area contributed by atoms with Crippen LogP contribution in [0.25, 0.3) is 10.9 Å². The van der Waals surface area contributed by atoms with Crippen molar-refractivity contribution >= 4 is 16.8 Å². The highest BCUT2D eigenvalue weighted by molar-refractivity contribution is 6.05. The van der Waals surface area contributed by atoms with Crippen molar-refractivity contribution in [1.29, 1.82) is 0 Å². The molecule has 2 heterocycles. The van der Waals surface area contributed by atoms with Crippen LogP contribution in [-0.2, 0) is 11.3 Å². The van der Waals surface area contributed by atoms with Crippen LogP contribution in [0.3, 0.4) is 0 Å². The fourth-order valence-corrected chi connectivity index (χ4v) is 3.54. The number of nitrogens with one attached hydrogen (secondary N) is 2. The summed E-state index contributed by atoms with van der Waals surface area (Å²) in [5.74, 6) is -0.104. The first kappa shape index (κ1) is 17.7. The highest BCUT2D eigenvalue weighted by Gasteiger charge is 2.20. The van der Waals surface area contributed by atoms with E-state index in [1.165, 1.54) is 5.56 Å². The number of carbonyl (C=O) groups excluding carboxylic acids is 1. The minimum atomic E-state index is -0.104. The Morgan fingerprint density at radius 3 is 3.00 bits per heavy atom. The molecule has 1 saturated heterocycles. The zero-order valence-corrected chi connectivity index (χ0v) is 15.2. The number of hydrogen-bond acceptors (Lipinski definition) is 4. The van der Waals surface area contributed by atoms with E-state index in [0.29, 0.717) is 12.1 Å². The monoisotopic (exact) mass is 364 g/mol. The zero-order valence-electron chi connectivity index (χ0n) is 15.2. The Morgan fingerprint density at radius 1 is 1.22 bits per heavy atom. The first-order chi connectivity index (χ1) is 13.3. The predicted octanol–water partition coefficient (Wildman–Crippen LogP) is 2.58. The standard InChI is InChI=1S/C21H24N4O2/c26-21(19-9-4-8-17-12-23-24-20(17)19)22-13-18-15-25(10-5-11-27-18)14-16-6-2-1-3-7-16/h1-4,6-9,12,18H,5,10-11,13-15H2,(H,22,26)(H,23,24). The summed E-state index contributed by atoms with van der Waals surface area (Å²) in [6.45, 7) is 3.94. The fourth-order valence-electron chi connectivity index (χ4n) is 3.54. The van der Waals surface area contributed by atoms with Crippen LogP contribution in [0.15, 0.2) is 54.7 Å². The van der Waals surface area contributed by atoms with E-state index in [-0.39, 0.29) is 12.0 Å². The van der Waals surface area contributed by atoms with E-state index in [2.05, 4.69) is 44.7 Å². The maximum atomic E-state index is 12.6. The topological polar surface area (TPSA) is 70.2 Å². The van der Waals surface area contributed by atoms with E-state index in [1.54, 1.807) is 6.20 Å². The van der Waals surface area contributed by atoms with E-state index in [0.717, 1.165) is 43.6 Å². The molecular formula is C21H24N4O2. The maximum Gasteiger partial charge on any atom is 0.253 e. The molecule has 27 heavy (non-hydrogen) atoms. The van der Waals surface area contributed by atoms with E-state index in [4.69, 9.17) is 4.74 Å². The van der Waals surface area contributed by atoms with Crippen molar-refractivity contribution in [3.05, 3.63) is 65.9 Å². The molecule has 0 aliphatic carbocycles. The SMILES string of the molecule is O=C(NCC1CN(Cc2ccccc2)CCCO1)c1cccc2cn[nH]c12. The van der Waals surface area contributed by atoms with Crippen molar-refractivity contribution in [3.63, 3.8) is 0 Å². The third-order valence-corrected chi connectivity index (χ3v) is 4.89. The molecule has 1 aliphatic rings. The van der Waals surface area contributed by atoms with Crippen molar-refractivity contribution < 1.29 is 9.53 Å². The van der Waals surface area contributed by atoms with Gasteiger partial charge in [-0.1, -0.05) is 42.5 Å². The van der Waals surface area contributed by atoms with Gasteiger partial charge in [0.05, 0.1) is 23.4 Å². The molecular weight excluding hydrogens is 340 g/mol. The zero-order chi connectivity index (χ0) is 18.5. The first-order valence-corrected chi connectivity index (χ1v) is 9.38. The molecule has 1 atom stereocenters. The lowest BCUT2D eigenvalue weighted by Gasteiger charge is -2.24. The number of aromatic nitrogens is 2. The van der Waals surface area contributed by atoms with Crippen molar-refractivity contribution in [3.8, 4) is 0 Å². The molecule has 1 amide bonds. The summed E-state index contributed by atoms with van der Waals surface area (Å²) in [6.07, 6.45) is 2.72. The van der Waals surface area contributed by atoms with E-state index in [9.17, 15) is 4.79 Å². The summed E-state index contributed by atoms with van der Waals surface area (Å²) in [7, 11) is 0. The maximum absolute atomic E-state index is 12.6. The first-order valence-electron chi connectivity index (χ1n) is 9.38. The van der Waals surface area contributed by atoms with Gasteiger partial charge in [0.25, 0.3) is 5.91 Å². The number of rotatable bonds is 5. The third kappa shape index (κ3) is 4.35. The number of carbonyl (C=O) groups is 1. The Morgan fingerprint density at radius 2 is 2.11 bits per heavy atom. The molecule has 1 aliphatic heterocycles. The molecule has 3 aromatic rings. The summed E-state index contributed by atoms with van der Waals surface area (Å²) in [5, 5.41) is 10.9. The normalized spacial score (nSPS) is 18.3. The highest BCUT2D eigenvalue weighted by Crippen LogP contribution is 2.16. The Balaban J connectivity index is 1.36. The number of para-hydroxylation sites is 1. The van der Waals surface area contributed by atoms with Gasteiger partial charge in [-0.3, -0.25) is 14.8 Å². The average Bonchev–Trinajstić information content (AvgIpc) is 3.07. The van der Waals surface area contributed by atoms with Gasteiger partial charge in [0.2, 0.25) is 0 Å². The lowest BCUT2D eigenvalue weighted by molar-refractivity contribution is 0.0511. The molecule has 0 saturated carbocycles. The number of nitrogens with zero attached hydrogens (tertiary/aromatic N) is 2. The lowest BCUT2D eigenvalue weighted by Crippen LogP contribution is -2.40. The highest BCUT2D eigenvalue weighted by atomic mass is 16.5. The number of fused-ring (bicyclic) bond motifs is 1. The summed E-state index contributed by atoms with van der Waals surface area (Å²) < 4.78 is 5.95. The lowest BCUT2D eigenvalue weighted by atomic mass is 10.1. The molecule has 6 heteroatoms. The van der Waals surface area contributed by atoms with Gasteiger partial charge in [-0.25, -0.2) is 0 Å². The second-order valence-corrected chi connectivity index (χ2v) is 6.92. The second-order valence-electron chi connectivity index (χ2n) is 6.92. The van der Waals surface area contributed by atoms with Gasteiger partial charge in [-0.15, -0.1) is 0 Å². The predicted molar refractivity (Wildman–Crippen MR) is 105 cm³/mol. The van der Waals surface area contributed by atoms with Crippen LogP contribution in [0, 0.1) is 0 Å². The minimum Gasteiger partial charge on any atom is -0.375 e. The number of benzene rings is 2. The minimum absolute atomic E-state index is 0.0128. The molecule has 1 unspecified atom stereocenters. The number of H-pyrrole nitrogens is 1. The van der Waals surface area contributed by atoms with E-state index in [1.807, 2.05) is 24.3 Å². The number of ether oxygens (including phenoxy) is 1. The summed E-state index contributed by atoms with van der Waals surface area (Å²) in [4.78, 5) is 15.0. The average molecular weight is 364 g/mol. The molecule has 0 spiro atoms. The second kappa shape index (κ2) is 8.33. The van der Waals surface area contributed by atoms with Crippen LogP contribution in [0.1, 0.15) is 22.3 Å². The summed E-state index contributed by atoms with van der Waals surface area (Å²) in [5.41, 5.74) is 2.68. The Kier molecular flexibility index (Phi) is 5.46. The van der Waals surface area contributed by atoms with Crippen molar-refractivity contribution in [1.82, 2.24) is 20.4 Å². The Hall–Kier alpha value is -2.70. The van der Waals surface area contributed by atoms with Gasteiger partial charge in [-0.05, 0) is 18.1 Å².